The molecule has 0 aromatic rings. The van der Waals surface area contributed by atoms with Crippen molar-refractivity contribution in [3.8, 4) is 0 Å². The van der Waals surface area contributed by atoms with Crippen LogP contribution in [0, 0.1) is 0 Å². The first-order valence-electron chi connectivity index (χ1n) is 4.36. The van der Waals surface area contributed by atoms with E-state index in [1.54, 1.807) is 0 Å². The van der Waals surface area contributed by atoms with Gasteiger partial charge in [-0.05, 0) is 21.0 Å². The Bertz CT molecular complexity index is 215. The van der Waals surface area contributed by atoms with Crippen molar-refractivity contribution in [2.75, 3.05) is 20.6 Å². The molecule has 0 aromatic carbocycles. The van der Waals surface area contributed by atoms with Crippen molar-refractivity contribution >= 4 is 11.7 Å². The van der Waals surface area contributed by atoms with E-state index in [9.17, 15) is 4.79 Å². The largest absolute Gasteiger partial charge is 0.409 e. The van der Waals surface area contributed by atoms with Crippen molar-refractivity contribution in [1.82, 2.24) is 10.2 Å². The van der Waals surface area contributed by atoms with Crippen molar-refractivity contribution in [3.05, 3.63) is 0 Å². The maximum atomic E-state index is 11.2. The maximum absolute atomic E-state index is 11.2. The van der Waals surface area contributed by atoms with Crippen molar-refractivity contribution in [3.63, 3.8) is 0 Å². The lowest BCUT2D eigenvalue weighted by atomic mass is 10.3. The van der Waals surface area contributed by atoms with Crippen LogP contribution in [0.2, 0.25) is 0 Å². The molecule has 0 spiro atoms. The summed E-state index contributed by atoms with van der Waals surface area (Å²) >= 11 is 0. The normalized spacial score (nSPS) is 14.1. The van der Waals surface area contributed by atoms with Gasteiger partial charge >= 0.3 is 0 Å². The molecule has 14 heavy (non-hydrogen) atoms. The molecule has 82 valence electrons. The maximum Gasteiger partial charge on any atom is 0.227 e. The fraction of sp³-hybridized carbons (Fsp3) is 0.750. The lowest BCUT2D eigenvalue weighted by Gasteiger charge is -2.17. The molecule has 0 radical (unpaired) electrons. The van der Waals surface area contributed by atoms with Gasteiger partial charge in [0, 0.05) is 12.6 Å². The number of nitrogens with zero attached hydrogens (tertiary/aromatic N) is 2. The molecule has 0 aliphatic heterocycles. The second kappa shape index (κ2) is 6.20. The van der Waals surface area contributed by atoms with Gasteiger partial charge in [-0.3, -0.25) is 4.79 Å². The number of hydrogen-bond acceptors (Lipinski definition) is 4. The Kier molecular flexibility index (Phi) is 5.62. The molecule has 0 heterocycles. The smallest absolute Gasteiger partial charge is 0.227 e. The molecule has 1 atom stereocenters. The summed E-state index contributed by atoms with van der Waals surface area (Å²) in [6.45, 7) is 2.64. The molecule has 1 unspecified atom stereocenters. The number of likely N-dealkylation sites (N-methyl/N-ethyl adjacent to an activating group) is 1. The van der Waals surface area contributed by atoms with Crippen molar-refractivity contribution in [2.24, 2.45) is 10.9 Å². The topological polar surface area (TPSA) is 91.0 Å². The van der Waals surface area contributed by atoms with Gasteiger partial charge in [-0.25, -0.2) is 0 Å². The van der Waals surface area contributed by atoms with Gasteiger partial charge in [-0.15, -0.1) is 0 Å². The molecular weight excluding hydrogens is 184 g/mol. The first-order valence-corrected chi connectivity index (χ1v) is 4.36. The van der Waals surface area contributed by atoms with Crippen molar-refractivity contribution in [2.45, 2.75) is 19.4 Å². The molecule has 0 aromatic heterocycles. The van der Waals surface area contributed by atoms with Crippen molar-refractivity contribution in [1.29, 1.82) is 0 Å². The molecule has 6 nitrogen and oxygen atoms in total. The summed E-state index contributed by atoms with van der Waals surface area (Å²) in [7, 11) is 3.85. The van der Waals surface area contributed by atoms with Crippen LogP contribution in [-0.2, 0) is 4.79 Å². The molecule has 0 fully saturated rings. The summed E-state index contributed by atoms with van der Waals surface area (Å²) < 4.78 is 0. The Balaban J connectivity index is 3.82. The van der Waals surface area contributed by atoms with Crippen LogP contribution >= 0.6 is 0 Å². The zero-order valence-corrected chi connectivity index (χ0v) is 8.82. The summed E-state index contributed by atoms with van der Waals surface area (Å²) in [6.07, 6.45) is -0.0751. The fourth-order valence-corrected chi connectivity index (χ4v) is 1.12. The average molecular weight is 202 g/mol. The van der Waals surface area contributed by atoms with E-state index in [-0.39, 0.29) is 24.2 Å². The van der Waals surface area contributed by atoms with E-state index in [1.165, 1.54) is 0 Å². The lowest BCUT2D eigenvalue weighted by Crippen LogP contribution is -2.40. The number of amides is 1. The van der Waals surface area contributed by atoms with Crippen LogP contribution in [0.25, 0.3) is 0 Å². The molecule has 0 bridgehead atoms. The lowest BCUT2D eigenvalue weighted by molar-refractivity contribution is -0.120. The van der Waals surface area contributed by atoms with Gasteiger partial charge in [0.1, 0.15) is 5.84 Å². The molecule has 0 aliphatic carbocycles. The van der Waals surface area contributed by atoms with E-state index in [0.29, 0.717) is 0 Å². The Morgan fingerprint density at radius 3 is 2.64 bits per heavy atom. The molecule has 0 aliphatic rings. The average Bonchev–Trinajstić information content (AvgIpc) is 2.01. The van der Waals surface area contributed by atoms with Crippen LogP contribution in [0.4, 0.5) is 0 Å². The zero-order valence-electron chi connectivity index (χ0n) is 8.82. The Morgan fingerprint density at radius 1 is 1.64 bits per heavy atom. The van der Waals surface area contributed by atoms with Gasteiger partial charge in [0.2, 0.25) is 5.91 Å². The summed E-state index contributed by atoms with van der Waals surface area (Å²) in [5.74, 6) is -0.325. The van der Waals surface area contributed by atoms with E-state index in [2.05, 4.69) is 10.5 Å². The number of amidine groups is 1. The summed E-state index contributed by atoms with van der Waals surface area (Å²) in [4.78, 5) is 13.2. The standard InChI is InChI=1S/C8H18N4O2/c1-6(5-12(2)3)10-8(13)4-7(9)11-14/h6,14H,4-5H2,1-3H3,(H2,9,11)(H,10,13). The monoisotopic (exact) mass is 202 g/mol. The Labute approximate surface area is 83.7 Å². The second-order valence-corrected chi connectivity index (χ2v) is 3.50. The first kappa shape index (κ1) is 12.7. The second-order valence-electron chi connectivity index (χ2n) is 3.50. The SMILES string of the molecule is CC(CN(C)C)NC(=O)CC(N)=NO. The van der Waals surface area contributed by atoms with E-state index >= 15 is 0 Å². The summed E-state index contributed by atoms with van der Waals surface area (Å²) in [6, 6.07) is 0.0454. The number of oxime groups is 1. The highest BCUT2D eigenvalue weighted by molar-refractivity contribution is 5.98. The van der Waals surface area contributed by atoms with Crippen LogP contribution < -0.4 is 11.1 Å². The quantitative estimate of drug-likeness (QED) is 0.235. The minimum absolute atomic E-state index is 0.0454. The summed E-state index contributed by atoms with van der Waals surface area (Å²) in [5.41, 5.74) is 5.18. The van der Waals surface area contributed by atoms with Crippen LogP contribution in [0.3, 0.4) is 0 Å². The number of carbonyl (C=O) groups is 1. The van der Waals surface area contributed by atoms with Gasteiger partial charge < -0.3 is 21.2 Å². The Hall–Kier alpha value is -1.30. The molecular formula is C8H18N4O2. The number of nitrogens with one attached hydrogen (secondary N) is 1. The van der Waals surface area contributed by atoms with Gasteiger partial charge in [0.25, 0.3) is 0 Å². The number of rotatable bonds is 5. The van der Waals surface area contributed by atoms with E-state index < -0.39 is 0 Å². The van der Waals surface area contributed by atoms with Crippen LogP contribution in [0.1, 0.15) is 13.3 Å². The molecule has 0 saturated carbocycles. The zero-order chi connectivity index (χ0) is 11.1. The molecule has 1 amide bonds. The van der Waals surface area contributed by atoms with Gasteiger partial charge in [-0.1, -0.05) is 5.16 Å². The van der Waals surface area contributed by atoms with Gasteiger partial charge in [0.05, 0.1) is 6.42 Å². The minimum Gasteiger partial charge on any atom is -0.409 e. The third-order valence-electron chi connectivity index (χ3n) is 1.52. The first-order chi connectivity index (χ1) is 6.45. The molecule has 0 rings (SSSR count). The summed E-state index contributed by atoms with van der Waals surface area (Å²) in [5, 5.41) is 13.7. The van der Waals surface area contributed by atoms with Crippen LogP contribution in [0.15, 0.2) is 5.16 Å². The van der Waals surface area contributed by atoms with E-state index in [0.717, 1.165) is 6.54 Å². The number of carbonyl (C=O) groups excluding carboxylic acids is 1. The Morgan fingerprint density at radius 2 is 2.21 bits per heavy atom. The molecule has 0 saturated heterocycles. The minimum atomic E-state index is -0.241. The third kappa shape index (κ3) is 6.24. The van der Waals surface area contributed by atoms with E-state index in [4.69, 9.17) is 10.9 Å². The number of nitrogens with two attached hydrogens (primary N) is 1. The third-order valence-corrected chi connectivity index (χ3v) is 1.52. The van der Waals surface area contributed by atoms with Gasteiger partial charge in [-0.2, -0.15) is 0 Å². The highest BCUT2D eigenvalue weighted by Crippen LogP contribution is 1.87. The number of hydrogen-bond donors (Lipinski definition) is 3. The highest BCUT2D eigenvalue weighted by Gasteiger charge is 2.09. The molecule has 4 N–H and O–H groups in total. The van der Waals surface area contributed by atoms with Gasteiger partial charge in [0.15, 0.2) is 0 Å². The predicted octanol–water partition coefficient (Wildman–Crippen LogP) is -0.811. The fourth-order valence-electron chi connectivity index (χ4n) is 1.12. The molecule has 6 heteroatoms. The van der Waals surface area contributed by atoms with Crippen LogP contribution in [0.5, 0.6) is 0 Å². The van der Waals surface area contributed by atoms with E-state index in [1.807, 2.05) is 25.9 Å². The van der Waals surface area contributed by atoms with Crippen LogP contribution in [-0.4, -0.2) is 48.5 Å². The predicted molar refractivity (Wildman–Crippen MR) is 54.2 cm³/mol. The van der Waals surface area contributed by atoms with Crippen molar-refractivity contribution < 1.29 is 10.0 Å². The highest BCUT2D eigenvalue weighted by atomic mass is 16.4.